The second-order valence-electron chi connectivity index (χ2n) is 4.64. The molecule has 5 heteroatoms. The van der Waals surface area contributed by atoms with E-state index in [4.69, 9.17) is 0 Å². The van der Waals surface area contributed by atoms with Crippen molar-refractivity contribution in [2.75, 3.05) is 17.2 Å². The van der Waals surface area contributed by atoms with E-state index in [-0.39, 0.29) is 17.5 Å². The van der Waals surface area contributed by atoms with Crippen molar-refractivity contribution < 1.29 is 13.6 Å². The van der Waals surface area contributed by atoms with Gasteiger partial charge in [-0.25, -0.2) is 8.78 Å². The summed E-state index contributed by atoms with van der Waals surface area (Å²) in [7, 11) is 0. The molecule has 102 valence electrons. The molecule has 3 nitrogen and oxygen atoms in total. The van der Waals surface area contributed by atoms with Crippen molar-refractivity contribution >= 4 is 17.3 Å². The Morgan fingerprint density at radius 2 is 1.95 bits per heavy atom. The SMILES string of the molecule is O=C(Nc1ccc(F)c(F)c1)C1CNc2ccccc21. The maximum absolute atomic E-state index is 13.1. The topological polar surface area (TPSA) is 41.1 Å². The first kappa shape index (κ1) is 12.6. The Morgan fingerprint density at radius 3 is 2.75 bits per heavy atom. The first-order chi connectivity index (χ1) is 9.65. The lowest BCUT2D eigenvalue weighted by Gasteiger charge is -2.11. The molecule has 3 rings (SSSR count). The van der Waals surface area contributed by atoms with E-state index in [1.165, 1.54) is 6.07 Å². The lowest BCUT2D eigenvalue weighted by atomic mass is 10.0. The number of benzene rings is 2. The van der Waals surface area contributed by atoms with Crippen LogP contribution in [0.15, 0.2) is 42.5 Å². The Morgan fingerprint density at radius 1 is 1.15 bits per heavy atom. The van der Waals surface area contributed by atoms with Gasteiger partial charge in [-0.1, -0.05) is 18.2 Å². The molecule has 1 amide bonds. The number of carbonyl (C=O) groups is 1. The van der Waals surface area contributed by atoms with Gasteiger partial charge in [-0.2, -0.15) is 0 Å². The number of fused-ring (bicyclic) bond motifs is 1. The van der Waals surface area contributed by atoms with Gasteiger partial charge in [-0.3, -0.25) is 4.79 Å². The molecule has 2 N–H and O–H groups in total. The Bertz CT molecular complexity index is 673. The summed E-state index contributed by atoms with van der Waals surface area (Å²) in [6, 6.07) is 10.8. The molecule has 0 saturated carbocycles. The van der Waals surface area contributed by atoms with Crippen LogP contribution in [0.1, 0.15) is 11.5 Å². The largest absolute Gasteiger partial charge is 0.384 e. The zero-order chi connectivity index (χ0) is 14.1. The van der Waals surface area contributed by atoms with Crippen LogP contribution in [0.5, 0.6) is 0 Å². The molecule has 0 fully saturated rings. The average Bonchev–Trinajstić information content (AvgIpc) is 2.87. The molecular formula is C15H12F2N2O. The van der Waals surface area contributed by atoms with Crippen molar-refractivity contribution in [2.24, 2.45) is 0 Å². The first-order valence-corrected chi connectivity index (χ1v) is 6.24. The summed E-state index contributed by atoms with van der Waals surface area (Å²) in [5.74, 6) is -2.49. The van der Waals surface area contributed by atoms with Crippen molar-refractivity contribution in [1.82, 2.24) is 0 Å². The summed E-state index contributed by atoms with van der Waals surface area (Å²) in [6.45, 7) is 0.495. The van der Waals surface area contributed by atoms with Crippen LogP contribution in [0.3, 0.4) is 0 Å². The summed E-state index contributed by atoms with van der Waals surface area (Å²) in [6.07, 6.45) is 0. The van der Waals surface area contributed by atoms with Gasteiger partial charge in [0.2, 0.25) is 5.91 Å². The van der Waals surface area contributed by atoms with Crippen LogP contribution in [0, 0.1) is 11.6 Å². The fourth-order valence-corrected chi connectivity index (χ4v) is 2.32. The third kappa shape index (κ3) is 2.22. The Hall–Kier alpha value is -2.43. The lowest BCUT2D eigenvalue weighted by molar-refractivity contribution is -0.117. The van der Waals surface area contributed by atoms with E-state index < -0.39 is 11.6 Å². The zero-order valence-corrected chi connectivity index (χ0v) is 10.5. The number of nitrogens with one attached hydrogen (secondary N) is 2. The van der Waals surface area contributed by atoms with E-state index in [1.807, 2.05) is 24.3 Å². The average molecular weight is 274 g/mol. The highest BCUT2D eigenvalue weighted by Crippen LogP contribution is 2.31. The summed E-state index contributed by atoms with van der Waals surface area (Å²) < 4.78 is 25.9. The standard InChI is InChI=1S/C15H12F2N2O/c16-12-6-5-9(7-13(12)17)19-15(20)11-8-18-14-4-2-1-3-10(11)14/h1-7,11,18H,8H2,(H,19,20). The molecule has 0 spiro atoms. The molecule has 0 bridgehead atoms. The second-order valence-corrected chi connectivity index (χ2v) is 4.64. The fraction of sp³-hybridized carbons (Fsp3) is 0.133. The van der Waals surface area contributed by atoms with E-state index in [0.29, 0.717) is 6.54 Å². The smallest absolute Gasteiger partial charge is 0.233 e. The molecule has 20 heavy (non-hydrogen) atoms. The Balaban J connectivity index is 1.79. The first-order valence-electron chi connectivity index (χ1n) is 6.24. The predicted octanol–water partition coefficient (Wildman–Crippen LogP) is 3.11. The van der Waals surface area contributed by atoms with Crippen molar-refractivity contribution in [3.63, 3.8) is 0 Å². The highest BCUT2D eigenvalue weighted by Gasteiger charge is 2.28. The minimum Gasteiger partial charge on any atom is -0.384 e. The van der Waals surface area contributed by atoms with Gasteiger partial charge in [0.1, 0.15) is 0 Å². The summed E-state index contributed by atoms with van der Waals surface area (Å²) in [5, 5.41) is 5.75. The van der Waals surface area contributed by atoms with E-state index in [0.717, 1.165) is 23.4 Å². The lowest BCUT2D eigenvalue weighted by Crippen LogP contribution is -2.22. The molecule has 2 aromatic rings. The molecule has 0 aromatic heterocycles. The van der Waals surface area contributed by atoms with Gasteiger partial charge in [-0.05, 0) is 23.8 Å². The monoisotopic (exact) mass is 274 g/mol. The summed E-state index contributed by atoms with van der Waals surface area (Å²) in [5.41, 5.74) is 2.09. The van der Waals surface area contributed by atoms with Crippen LogP contribution >= 0.6 is 0 Å². The molecule has 1 aliphatic heterocycles. The molecule has 0 radical (unpaired) electrons. The highest BCUT2D eigenvalue weighted by atomic mass is 19.2. The zero-order valence-electron chi connectivity index (χ0n) is 10.5. The van der Waals surface area contributed by atoms with Gasteiger partial charge >= 0.3 is 0 Å². The number of halogens is 2. The molecule has 1 aliphatic rings. The van der Waals surface area contributed by atoms with Crippen LogP contribution in [0.25, 0.3) is 0 Å². The van der Waals surface area contributed by atoms with E-state index in [9.17, 15) is 13.6 Å². The van der Waals surface area contributed by atoms with Crippen LogP contribution in [-0.2, 0) is 4.79 Å². The molecule has 1 heterocycles. The van der Waals surface area contributed by atoms with E-state index in [1.54, 1.807) is 0 Å². The van der Waals surface area contributed by atoms with Gasteiger partial charge in [0, 0.05) is 24.0 Å². The quantitative estimate of drug-likeness (QED) is 0.883. The fourth-order valence-electron chi connectivity index (χ4n) is 2.32. The number of amides is 1. The van der Waals surface area contributed by atoms with Gasteiger partial charge in [-0.15, -0.1) is 0 Å². The number of anilines is 2. The molecule has 1 atom stereocenters. The van der Waals surface area contributed by atoms with Crippen molar-refractivity contribution in [1.29, 1.82) is 0 Å². The molecule has 0 aliphatic carbocycles. The Labute approximate surface area is 114 Å². The minimum atomic E-state index is -0.979. The summed E-state index contributed by atoms with van der Waals surface area (Å²) in [4.78, 5) is 12.2. The van der Waals surface area contributed by atoms with Crippen LogP contribution in [0.4, 0.5) is 20.2 Å². The molecule has 0 saturated heterocycles. The minimum absolute atomic E-state index is 0.242. The van der Waals surface area contributed by atoms with Crippen LogP contribution in [0.2, 0.25) is 0 Å². The third-order valence-electron chi connectivity index (χ3n) is 3.34. The maximum Gasteiger partial charge on any atom is 0.233 e. The molecule has 2 aromatic carbocycles. The van der Waals surface area contributed by atoms with E-state index in [2.05, 4.69) is 10.6 Å². The van der Waals surface area contributed by atoms with Crippen molar-refractivity contribution in [3.8, 4) is 0 Å². The number of rotatable bonds is 2. The molecular weight excluding hydrogens is 262 g/mol. The number of hydrogen-bond acceptors (Lipinski definition) is 2. The second kappa shape index (κ2) is 4.92. The maximum atomic E-state index is 13.1. The number of para-hydroxylation sites is 1. The Kier molecular flexibility index (Phi) is 3.10. The van der Waals surface area contributed by atoms with Crippen molar-refractivity contribution in [2.45, 2.75) is 5.92 Å². The van der Waals surface area contributed by atoms with Crippen LogP contribution < -0.4 is 10.6 Å². The van der Waals surface area contributed by atoms with Gasteiger partial charge < -0.3 is 10.6 Å². The molecule has 1 unspecified atom stereocenters. The van der Waals surface area contributed by atoms with Gasteiger partial charge in [0.05, 0.1) is 5.92 Å². The third-order valence-corrected chi connectivity index (χ3v) is 3.34. The van der Waals surface area contributed by atoms with Crippen molar-refractivity contribution in [3.05, 3.63) is 59.7 Å². The number of hydrogen-bond donors (Lipinski definition) is 2. The van der Waals surface area contributed by atoms with Gasteiger partial charge in [0.25, 0.3) is 0 Å². The highest BCUT2D eigenvalue weighted by molar-refractivity contribution is 5.98. The van der Waals surface area contributed by atoms with E-state index >= 15 is 0 Å². The number of carbonyl (C=O) groups excluding carboxylic acids is 1. The normalized spacial score (nSPS) is 16.4. The van der Waals surface area contributed by atoms with Crippen LogP contribution in [-0.4, -0.2) is 12.5 Å². The predicted molar refractivity (Wildman–Crippen MR) is 72.7 cm³/mol. The summed E-state index contributed by atoms with van der Waals surface area (Å²) >= 11 is 0. The van der Waals surface area contributed by atoms with Gasteiger partial charge in [0.15, 0.2) is 11.6 Å².